The van der Waals surface area contributed by atoms with E-state index >= 15 is 0 Å². The van der Waals surface area contributed by atoms with E-state index in [9.17, 15) is 8.42 Å². The Kier molecular flexibility index (Phi) is 5.24. The second-order valence-corrected chi connectivity index (χ2v) is 7.54. The molecule has 0 aromatic heterocycles. The van der Waals surface area contributed by atoms with Gasteiger partial charge in [-0.25, -0.2) is 4.72 Å². The Bertz CT molecular complexity index is 572. The van der Waals surface area contributed by atoms with Crippen LogP contribution in [0, 0.1) is 0 Å². The fraction of sp³-hybridized carbons (Fsp3) is 0.600. The van der Waals surface area contributed by atoms with Crippen LogP contribution >= 0.6 is 0 Å². The number of anilines is 1. The summed E-state index contributed by atoms with van der Waals surface area (Å²) < 4.78 is 28.0. The topological polar surface area (TPSA) is 52.7 Å². The first-order valence-corrected chi connectivity index (χ1v) is 8.91. The molecule has 1 aliphatic heterocycles. The second-order valence-electron chi connectivity index (χ2n) is 5.73. The predicted molar refractivity (Wildman–Crippen MR) is 86.8 cm³/mol. The van der Waals surface area contributed by atoms with E-state index in [2.05, 4.69) is 33.9 Å². The van der Waals surface area contributed by atoms with Crippen molar-refractivity contribution in [2.75, 3.05) is 31.6 Å². The molecule has 6 heteroatoms. The highest BCUT2D eigenvalue weighted by atomic mass is 32.2. The van der Waals surface area contributed by atoms with E-state index in [1.54, 1.807) is 7.05 Å². The third-order valence-corrected chi connectivity index (χ3v) is 5.73. The van der Waals surface area contributed by atoms with Crippen molar-refractivity contribution in [3.05, 3.63) is 29.8 Å². The third kappa shape index (κ3) is 3.96. The quantitative estimate of drug-likeness (QED) is 0.779. The molecule has 1 heterocycles. The summed E-state index contributed by atoms with van der Waals surface area (Å²) in [6, 6.07) is 8.39. The molecule has 2 rings (SSSR count). The average molecular weight is 311 g/mol. The number of hydrogen-bond acceptors (Lipinski definition) is 3. The highest BCUT2D eigenvalue weighted by Crippen LogP contribution is 2.27. The van der Waals surface area contributed by atoms with Crippen LogP contribution in [0.2, 0.25) is 0 Å². The van der Waals surface area contributed by atoms with Gasteiger partial charge in [-0.2, -0.15) is 12.7 Å². The van der Waals surface area contributed by atoms with Crippen LogP contribution in [0.1, 0.15) is 25.8 Å². The lowest BCUT2D eigenvalue weighted by Gasteiger charge is -2.22. The van der Waals surface area contributed by atoms with Crippen molar-refractivity contribution in [2.45, 2.75) is 32.7 Å². The lowest BCUT2D eigenvalue weighted by atomic mass is 10.2. The smallest absolute Gasteiger partial charge is 0.279 e. The third-order valence-electron chi connectivity index (χ3n) is 3.98. The van der Waals surface area contributed by atoms with Crippen LogP contribution in [0.3, 0.4) is 0 Å². The van der Waals surface area contributed by atoms with Gasteiger partial charge in [-0.15, -0.1) is 0 Å². The van der Waals surface area contributed by atoms with E-state index in [-0.39, 0.29) is 6.04 Å². The lowest BCUT2D eigenvalue weighted by Crippen LogP contribution is -2.42. The summed E-state index contributed by atoms with van der Waals surface area (Å²) in [7, 11) is -1.75. The molecule has 5 nitrogen and oxygen atoms in total. The Hall–Kier alpha value is -1.11. The molecule has 0 amide bonds. The number of nitrogens with one attached hydrogen (secondary N) is 1. The summed E-state index contributed by atoms with van der Waals surface area (Å²) in [5.74, 6) is 0. The number of hydrogen-bond donors (Lipinski definition) is 1. The number of nitrogens with zero attached hydrogens (tertiary/aromatic N) is 2. The van der Waals surface area contributed by atoms with Crippen LogP contribution < -0.4 is 9.62 Å². The molecular weight excluding hydrogens is 286 g/mol. The van der Waals surface area contributed by atoms with E-state index in [1.807, 2.05) is 13.8 Å². The molecular formula is C15H25N3O2S. The van der Waals surface area contributed by atoms with E-state index in [1.165, 1.54) is 15.6 Å². The SMILES string of the molecule is CC(C)N(C)S(=O)(=O)NCCCN1CCc2ccccc21. The minimum Gasteiger partial charge on any atom is -0.371 e. The molecule has 1 N–H and O–H groups in total. The summed E-state index contributed by atoms with van der Waals surface area (Å²) in [6.07, 6.45) is 1.89. The first-order valence-electron chi connectivity index (χ1n) is 7.47. The largest absolute Gasteiger partial charge is 0.371 e. The van der Waals surface area contributed by atoms with Gasteiger partial charge in [0.2, 0.25) is 0 Å². The minimum absolute atomic E-state index is 0.0343. The molecule has 1 aromatic rings. The second kappa shape index (κ2) is 6.77. The van der Waals surface area contributed by atoms with Crippen molar-refractivity contribution >= 4 is 15.9 Å². The molecule has 0 fully saturated rings. The number of para-hydroxylation sites is 1. The number of fused-ring (bicyclic) bond motifs is 1. The van der Waals surface area contributed by atoms with Gasteiger partial charge in [-0.05, 0) is 38.3 Å². The predicted octanol–water partition coefficient (Wildman–Crippen LogP) is 1.61. The van der Waals surface area contributed by atoms with Crippen molar-refractivity contribution in [2.24, 2.45) is 0 Å². The molecule has 0 atom stereocenters. The zero-order valence-corrected chi connectivity index (χ0v) is 13.9. The van der Waals surface area contributed by atoms with Crippen molar-refractivity contribution in [3.63, 3.8) is 0 Å². The Balaban J connectivity index is 1.79. The molecule has 0 saturated carbocycles. The van der Waals surface area contributed by atoms with Crippen molar-refractivity contribution in [3.8, 4) is 0 Å². The van der Waals surface area contributed by atoms with Crippen LogP contribution in [-0.4, -0.2) is 45.4 Å². The maximum atomic E-state index is 12.0. The van der Waals surface area contributed by atoms with Gasteiger partial charge in [0, 0.05) is 38.4 Å². The zero-order valence-electron chi connectivity index (χ0n) is 13.0. The van der Waals surface area contributed by atoms with Gasteiger partial charge in [0.05, 0.1) is 0 Å². The molecule has 0 unspecified atom stereocenters. The molecule has 0 aliphatic carbocycles. The van der Waals surface area contributed by atoms with Gasteiger partial charge in [0.15, 0.2) is 0 Å². The maximum Gasteiger partial charge on any atom is 0.279 e. The number of benzene rings is 1. The van der Waals surface area contributed by atoms with Crippen LogP contribution in [0.15, 0.2) is 24.3 Å². The molecule has 0 bridgehead atoms. The fourth-order valence-electron chi connectivity index (χ4n) is 2.49. The zero-order chi connectivity index (χ0) is 15.5. The van der Waals surface area contributed by atoms with E-state index in [4.69, 9.17) is 0 Å². The fourth-order valence-corrected chi connectivity index (χ4v) is 3.65. The van der Waals surface area contributed by atoms with Gasteiger partial charge in [0.1, 0.15) is 0 Å². The maximum absolute atomic E-state index is 12.0. The number of rotatable bonds is 7. The van der Waals surface area contributed by atoms with Gasteiger partial charge < -0.3 is 4.90 Å². The van der Waals surface area contributed by atoms with E-state index < -0.39 is 10.2 Å². The molecule has 0 saturated heterocycles. The molecule has 0 radical (unpaired) electrons. The monoisotopic (exact) mass is 311 g/mol. The summed E-state index contributed by atoms with van der Waals surface area (Å²) in [4.78, 5) is 2.33. The summed E-state index contributed by atoms with van der Waals surface area (Å²) in [6.45, 7) is 6.10. The lowest BCUT2D eigenvalue weighted by molar-refractivity contribution is 0.402. The Morgan fingerprint density at radius 3 is 2.76 bits per heavy atom. The van der Waals surface area contributed by atoms with Crippen LogP contribution in [0.25, 0.3) is 0 Å². The molecule has 1 aromatic carbocycles. The van der Waals surface area contributed by atoms with Crippen molar-refractivity contribution < 1.29 is 8.42 Å². The van der Waals surface area contributed by atoms with Crippen LogP contribution in [0.5, 0.6) is 0 Å². The van der Waals surface area contributed by atoms with Gasteiger partial charge in [-0.3, -0.25) is 0 Å². The Labute approximate surface area is 128 Å². The average Bonchev–Trinajstić information content (AvgIpc) is 2.86. The van der Waals surface area contributed by atoms with Crippen molar-refractivity contribution in [1.29, 1.82) is 0 Å². The van der Waals surface area contributed by atoms with Crippen molar-refractivity contribution in [1.82, 2.24) is 9.03 Å². The van der Waals surface area contributed by atoms with E-state index in [0.717, 1.165) is 25.9 Å². The Morgan fingerprint density at radius 2 is 2.05 bits per heavy atom. The van der Waals surface area contributed by atoms with Gasteiger partial charge in [-0.1, -0.05) is 18.2 Å². The molecule has 21 heavy (non-hydrogen) atoms. The van der Waals surface area contributed by atoms with E-state index in [0.29, 0.717) is 6.54 Å². The minimum atomic E-state index is -3.35. The van der Waals surface area contributed by atoms with Gasteiger partial charge in [0.25, 0.3) is 10.2 Å². The molecule has 118 valence electrons. The standard InChI is InChI=1S/C15H25N3O2S/c1-13(2)17(3)21(19,20)16-10-6-11-18-12-9-14-7-4-5-8-15(14)18/h4-5,7-8,13,16H,6,9-12H2,1-3H3. The summed E-state index contributed by atoms with van der Waals surface area (Å²) in [5, 5.41) is 0. The molecule has 1 aliphatic rings. The van der Waals surface area contributed by atoms with Crippen LogP contribution in [-0.2, 0) is 16.6 Å². The Morgan fingerprint density at radius 1 is 1.33 bits per heavy atom. The molecule has 0 spiro atoms. The van der Waals surface area contributed by atoms with Gasteiger partial charge >= 0.3 is 0 Å². The summed E-state index contributed by atoms with van der Waals surface area (Å²) in [5.41, 5.74) is 2.68. The first kappa shape index (κ1) is 16.3. The normalized spacial score (nSPS) is 15.0. The highest BCUT2D eigenvalue weighted by molar-refractivity contribution is 7.87. The first-order chi connectivity index (χ1) is 9.92. The summed E-state index contributed by atoms with van der Waals surface area (Å²) >= 11 is 0. The van der Waals surface area contributed by atoms with Crippen LogP contribution in [0.4, 0.5) is 5.69 Å². The highest BCUT2D eigenvalue weighted by Gasteiger charge is 2.20.